The van der Waals surface area contributed by atoms with Crippen molar-refractivity contribution in [3.8, 4) is 0 Å². The van der Waals surface area contributed by atoms with Crippen LogP contribution in [0.4, 0.5) is 0 Å². The van der Waals surface area contributed by atoms with Gasteiger partial charge in [0.1, 0.15) is 0 Å². The molecule has 0 aromatic rings. The lowest BCUT2D eigenvalue weighted by atomic mass is 10.1. The van der Waals surface area contributed by atoms with Crippen molar-refractivity contribution in [2.75, 3.05) is 26.5 Å². The summed E-state index contributed by atoms with van der Waals surface area (Å²) in [5, 5.41) is 0.467. The maximum Gasteiger partial charge on any atom is 0.326 e. The monoisotopic (exact) mass is 309 g/mol. The normalized spacial score (nSPS) is 20.2. The number of nitrogens with zero attached hydrogens (tertiary/aromatic N) is 1. The number of ether oxygens (including phenoxy) is 2. The molecule has 7 heteroatoms. The summed E-state index contributed by atoms with van der Waals surface area (Å²) in [5.74, 6) is -1.54. The van der Waals surface area contributed by atoms with E-state index in [1.807, 2.05) is 0 Å². The number of hydrogen-bond acceptors (Lipinski definition) is 6. The molecule has 1 atom stereocenters. The molecule has 1 aliphatic heterocycles. The van der Waals surface area contributed by atoms with Crippen molar-refractivity contribution in [3.63, 3.8) is 0 Å². The molecule has 0 aromatic carbocycles. The van der Waals surface area contributed by atoms with E-state index in [9.17, 15) is 9.59 Å². The van der Waals surface area contributed by atoms with Crippen molar-refractivity contribution >= 4 is 44.7 Å². The topological polar surface area (TPSA) is 65.0 Å². The van der Waals surface area contributed by atoms with Gasteiger partial charge in [0.05, 0.1) is 25.8 Å². The van der Waals surface area contributed by atoms with Crippen molar-refractivity contribution in [1.82, 2.24) is 0 Å². The third kappa shape index (κ3) is 3.21. The van der Waals surface area contributed by atoms with E-state index in [4.69, 9.17) is 0 Å². The Labute approximate surface area is 106 Å². The highest BCUT2D eigenvalue weighted by molar-refractivity contribution is 9.09. The van der Waals surface area contributed by atoms with E-state index >= 15 is 0 Å². The van der Waals surface area contributed by atoms with E-state index in [1.165, 1.54) is 26.0 Å². The third-order valence-electron chi connectivity index (χ3n) is 1.98. The second-order valence-corrected chi connectivity index (χ2v) is 5.40. The van der Waals surface area contributed by atoms with Crippen LogP contribution in [-0.2, 0) is 19.1 Å². The molecule has 0 saturated heterocycles. The van der Waals surface area contributed by atoms with Crippen LogP contribution in [0.15, 0.2) is 4.99 Å². The van der Waals surface area contributed by atoms with E-state index in [-0.39, 0.29) is 4.83 Å². The van der Waals surface area contributed by atoms with E-state index in [0.29, 0.717) is 11.6 Å². The first-order valence-corrected chi connectivity index (χ1v) is 6.47. The van der Waals surface area contributed by atoms with Gasteiger partial charge in [-0.15, -0.1) is 11.8 Å². The first kappa shape index (κ1) is 13.5. The number of aliphatic imine (C=N–C) groups is 1. The van der Waals surface area contributed by atoms with Crippen LogP contribution in [0.3, 0.4) is 0 Å². The van der Waals surface area contributed by atoms with Crippen LogP contribution < -0.4 is 0 Å². The molecule has 0 radical (unpaired) electrons. The number of halogens is 1. The smallest absolute Gasteiger partial charge is 0.326 e. The van der Waals surface area contributed by atoms with Crippen molar-refractivity contribution < 1.29 is 19.1 Å². The van der Waals surface area contributed by atoms with Gasteiger partial charge in [-0.1, -0.05) is 15.9 Å². The summed E-state index contributed by atoms with van der Waals surface area (Å²) in [6.45, 7) is 0.548. The van der Waals surface area contributed by atoms with Gasteiger partial charge in [0.25, 0.3) is 0 Å². The van der Waals surface area contributed by atoms with Crippen molar-refractivity contribution in [2.24, 2.45) is 10.9 Å². The molecule has 16 heavy (non-hydrogen) atoms. The summed E-state index contributed by atoms with van der Waals surface area (Å²) in [6, 6.07) is 0. The second kappa shape index (κ2) is 6.24. The Bertz CT molecular complexity index is 305. The van der Waals surface area contributed by atoms with E-state index in [0.717, 1.165) is 5.75 Å². The van der Waals surface area contributed by atoms with Crippen LogP contribution >= 0.6 is 27.7 Å². The lowest BCUT2D eigenvalue weighted by Crippen LogP contribution is -2.34. The third-order valence-corrected chi connectivity index (χ3v) is 4.25. The lowest BCUT2D eigenvalue weighted by Gasteiger charge is -2.20. The molecule has 90 valence electrons. The van der Waals surface area contributed by atoms with Crippen LogP contribution in [0, 0.1) is 5.92 Å². The molecule has 0 fully saturated rings. The quantitative estimate of drug-likeness (QED) is 0.439. The first-order chi connectivity index (χ1) is 7.60. The molecule has 0 bridgehead atoms. The molecule has 1 aliphatic rings. The number of rotatable bonds is 3. The Morgan fingerprint density at radius 3 is 2.38 bits per heavy atom. The maximum absolute atomic E-state index is 11.5. The van der Waals surface area contributed by atoms with Crippen LogP contribution in [0.1, 0.15) is 0 Å². The lowest BCUT2D eigenvalue weighted by molar-refractivity contribution is -0.154. The second-order valence-electron chi connectivity index (χ2n) is 3.07. The number of carbonyl (C=O) groups is 2. The minimum absolute atomic E-state index is 0.275. The summed E-state index contributed by atoms with van der Waals surface area (Å²) >= 11 is 4.78. The van der Waals surface area contributed by atoms with Gasteiger partial charge in [-0.05, 0) is 0 Å². The van der Waals surface area contributed by atoms with Crippen molar-refractivity contribution in [1.29, 1.82) is 0 Å². The zero-order valence-corrected chi connectivity index (χ0v) is 11.3. The number of hydrogen-bond donors (Lipinski definition) is 0. The summed E-state index contributed by atoms with van der Waals surface area (Å²) < 4.78 is 9.14. The minimum atomic E-state index is -1.04. The van der Waals surface area contributed by atoms with Gasteiger partial charge < -0.3 is 9.47 Å². The zero-order valence-electron chi connectivity index (χ0n) is 8.94. The highest BCUT2D eigenvalue weighted by atomic mass is 79.9. The Morgan fingerprint density at radius 2 is 2.00 bits per heavy atom. The van der Waals surface area contributed by atoms with Gasteiger partial charge in [0.15, 0.2) is 0 Å². The van der Waals surface area contributed by atoms with Crippen LogP contribution in [0.2, 0.25) is 0 Å². The Hall–Kier alpha value is -0.560. The fourth-order valence-corrected chi connectivity index (χ4v) is 2.69. The van der Waals surface area contributed by atoms with Crippen LogP contribution in [-0.4, -0.2) is 48.3 Å². The molecule has 0 aliphatic carbocycles. The number of esters is 2. The fraction of sp³-hybridized carbons (Fsp3) is 0.667. The van der Waals surface area contributed by atoms with Gasteiger partial charge in [-0.25, -0.2) is 0 Å². The molecule has 0 spiro atoms. The van der Waals surface area contributed by atoms with Gasteiger partial charge in [-0.2, -0.15) is 0 Å². The minimum Gasteiger partial charge on any atom is -0.468 e. The Balaban J connectivity index is 2.85. The Morgan fingerprint density at radius 1 is 1.44 bits per heavy atom. The molecule has 1 heterocycles. The van der Waals surface area contributed by atoms with Crippen LogP contribution in [0.5, 0.6) is 0 Å². The molecule has 0 N–H and O–H groups in total. The SMILES string of the molecule is COC(=O)C(C(=O)OC)C1=NC[C@@H](Br)CS1. The summed E-state index contributed by atoms with van der Waals surface area (Å²) in [5.41, 5.74) is 0. The highest BCUT2D eigenvalue weighted by Crippen LogP contribution is 2.24. The molecular weight excluding hydrogens is 298 g/mol. The standard InChI is InChI=1S/C9H12BrNO4S/c1-14-8(12)6(9(13)15-2)7-11-3-5(10)4-16-7/h5-6H,3-4H2,1-2H3/t5-/m1/s1. The summed E-state index contributed by atoms with van der Waals surface area (Å²) in [6.07, 6.45) is 0. The molecular formula is C9H12BrNO4S. The highest BCUT2D eigenvalue weighted by Gasteiger charge is 2.35. The number of thioether (sulfide) groups is 1. The number of carbonyl (C=O) groups excluding carboxylic acids is 2. The molecule has 5 nitrogen and oxygen atoms in total. The molecule has 0 unspecified atom stereocenters. The molecule has 1 rings (SSSR count). The van der Waals surface area contributed by atoms with E-state index < -0.39 is 17.9 Å². The number of alkyl halides is 1. The molecule has 0 aromatic heterocycles. The fourth-order valence-electron chi connectivity index (χ4n) is 1.17. The summed E-state index contributed by atoms with van der Waals surface area (Å²) in [7, 11) is 2.47. The average molecular weight is 310 g/mol. The zero-order chi connectivity index (χ0) is 12.1. The van der Waals surface area contributed by atoms with E-state index in [2.05, 4.69) is 30.4 Å². The van der Waals surface area contributed by atoms with Gasteiger partial charge in [0.2, 0.25) is 5.92 Å². The average Bonchev–Trinajstić information content (AvgIpc) is 2.31. The van der Waals surface area contributed by atoms with Gasteiger partial charge >= 0.3 is 11.9 Å². The maximum atomic E-state index is 11.5. The summed E-state index contributed by atoms with van der Waals surface area (Å²) in [4.78, 5) is 27.4. The van der Waals surface area contributed by atoms with Crippen molar-refractivity contribution in [3.05, 3.63) is 0 Å². The van der Waals surface area contributed by atoms with Crippen LogP contribution in [0.25, 0.3) is 0 Å². The van der Waals surface area contributed by atoms with E-state index in [1.54, 1.807) is 0 Å². The number of methoxy groups -OCH3 is 2. The predicted molar refractivity (Wildman–Crippen MR) is 65.0 cm³/mol. The predicted octanol–water partition coefficient (Wildman–Crippen LogP) is 0.857. The molecule has 0 amide bonds. The molecule has 0 saturated carbocycles. The van der Waals surface area contributed by atoms with Crippen molar-refractivity contribution in [2.45, 2.75) is 4.83 Å². The van der Waals surface area contributed by atoms with Gasteiger partial charge in [-0.3, -0.25) is 14.6 Å². The largest absolute Gasteiger partial charge is 0.468 e. The Kier molecular flexibility index (Phi) is 5.27. The first-order valence-electron chi connectivity index (χ1n) is 4.57. The van der Waals surface area contributed by atoms with Gasteiger partial charge in [0, 0.05) is 10.6 Å².